The summed E-state index contributed by atoms with van der Waals surface area (Å²) in [6.45, 7) is 10.1. The summed E-state index contributed by atoms with van der Waals surface area (Å²) in [5.74, 6) is 1.46. The summed E-state index contributed by atoms with van der Waals surface area (Å²) in [4.78, 5) is 0. The Bertz CT molecular complexity index is 885. The van der Waals surface area contributed by atoms with Crippen LogP contribution in [0.3, 0.4) is 0 Å². The Morgan fingerprint density at radius 1 is 0.935 bits per heavy atom. The molecular weight excluding hydrogens is 410 g/mol. The van der Waals surface area contributed by atoms with Gasteiger partial charge in [-0.05, 0) is 61.6 Å². The minimum Gasteiger partial charge on any atom is -0.497 e. The van der Waals surface area contributed by atoms with Gasteiger partial charge in [0.15, 0.2) is 0 Å². The molecule has 0 saturated heterocycles. The second kappa shape index (κ2) is 10.8. The Balaban J connectivity index is 2.43. The molecule has 0 heterocycles. The lowest BCUT2D eigenvalue weighted by molar-refractivity contribution is 0.332. The third kappa shape index (κ3) is 5.89. The van der Waals surface area contributed by atoms with Gasteiger partial charge in [-0.25, -0.2) is 8.42 Å². The molecule has 0 aliphatic carbocycles. The summed E-state index contributed by atoms with van der Waals surface area (Å²) in [5.41, 5.74) is 1.82. The molecular formula is C25H35NO4S. The second-order valence-electron chi connectivity index (χ2n) is 8.20. The fraction of sp³-hybridized carbons (Fsp3) is 0.440. The van der Waals surface area contributed by atoms with Gasteiger partial charge >= 0.3 is 0 Å². The van der Waals surface area contributed by atoms with E-state index in [4.69, 9.17) is 9.47 Å². The molecule has 0 spiro atoms. The average molecular weight is 446 g/mol. The zero-order valence-corrected chi connectivity index (χ0v) is 20.1. The van der Waals surface area contributed by atoms with Crippen LogP contribution in [0.5, 0.6) is 11.5 Å². The maximum atomic E-state index is 13.9. The minimum absolute atomic E-state index is 0.0239. The summed E-state index contributed by atoms with van der Waals surface area (Å²) >= 11 is 0. The number of allylic oxidation sites excluding steroid dienone is 1. The standard InChI is InChI=1S/C25H35NO4S/c1-7-9-22(8-2)25(3,4)31(27,28)26(18-20-10-14-23(29-5)15-11-20)19-21-12-16-24(30-6)17-13-21/h7,10-17,22H,1,8-9,18-19H2,2-6H3/t22-/m0/s1. The van der Waals surface area contributed by atoms with E-state index < -0.39 is 14.8 Å². The highest BCUT2D eigenvalue weighted by molar-refractivity contribution is 7.90. The maximum absolute atomic E-state index is 13.9. The van der Waals surface area contributed by atoms with Crippen LogP contribution >= 0.6 is 0 Å². The highest BCUT2D eigenvalue weighted by Crippen LogP contribution is 2.35. The van der Waals surface area contributed by atoms with Gasteiger partial charge in [-0.1, -0.05) is 43.7 Å². The maximum Gasteiger partial charge on any atom is 0.220 e. The van der Waals surface area contributed by atoms with Gasteiger partial charge in [-0.2, -0.15) is 4.31 Å². The molecule has 0 bridgehead atoms. The van der Waals surface area contributed by atoms with E-state index >= 15 is 0 Å². The zero-order valence-electron chi connectivity index (χ0n) is 19.3. The van der Waals surface area contributed by atoms with Crippen molar-refractivity contribution in [3.8, 4) is 11.5 Å². The third-order valence-electron chi connectivity index (χ3n) is 5.97. The monoisotopic (exact) mass is 445 g/mol. The molecule has 0 aliphatic rings. The van der Waals surface area contributed by atoms with Crippen LogP contribution in [-0.4, -0.2) is 31.7 Å². The molecule has 170 valence electrons. The van der Waals surface area contributed by atoms with E-state index in [1.54, 1.807) is 18.5 Å². The van der Waals surface area contributed by atoms with Crippen molar-refractivity contribution in [1.82, 2.24) is 4.31 Å². The molecule has 0 N–H and O–H groups in total. The highest BCUT2D eigenvalue weighted by atomic mass is 32.2. The Kier molecular flexibility index (Phi) is 8.71. The molecule has 2 rings (SSSR count). The van der Waals surface area contributed by atoms with Crippen molar-refractivity contribution in [3.63, 3.8) is 0 Å². The molecule has 2 aromatic carbocycles. The Labute approximate surface area is 187 Å². The second-order valence-corrected chi connectivity index (χ2v) is 10.7. The van der Waals surface area contributed by atoms with Crippen molar-refractivity contribution >= 4 is 10.0 Å². The number of sulfonamides is 1. The van der Waals surface area contributed by atoms with E-state index in [2.05, 4.69) is 6.58 Å². The number of rotatable bonds is 12. The molecule has 0 fully saturated rings. The fourth-order valence-corrected chi connectivity index (χ4v) is 5.77. The molecule has 0 radical (unpaired) electrons. The number of ether oxygens (including phenoxy) is 2. The molecule has 6 heteroatoms. The summed E-state index contributed by atoms with van der Waals surface area (Å²) in [5, 5.41) is 0. The van der Waals surface area contributed by atoms with Gasteiger partial charge in [0, 0.05) is 13.1 Å². The van der Waals surface area contributed by atoms with Crippen LogP contribution in [0, 0.1) is 5.92 Å². The van der Waals surface area contributed by atoms with Crippen LogP contribution < -0.4 is 9.47 Å². The van der Waals surface area contributed by atoms with Crippen LogP contribution in [0.4, 0.5) is 0 Å². The van der Waals surface area contributed by atoms with E-state index in [9.17, 15) is 8.42 Å². The average Bonchev–Trinajstić information content (AvgIpc) is 2.77. The van der Waals surface area contributed by atoms with Crippen molar-refractivity contribution in [1.29, 1.82) is 0 Å². The van der Waals surface area contributed by atoms with Gasteiger partial charge in [0.2, 0.25) is 10.0 Å². The first kappa shape index (κ1) is 25.0. The van der Waals surface area contributed by atoms with Crippen LogP contribution in [0.25, 0.3) is 0 Å². The fourth-order valence-electron chi connectivity index (χ4n) is 3.78. The van der Waals surface area contributed by atoms with Gasteiger partial charge in [0.1, 0.15) is 11.5 Å². The van der Waals surface area contributed by atoms with E-state index in [1.165, 1.54) is 0 Å². The summed E-state index contributed by atoms with van der Waals surface area (Å²) in [6.07, 6.45) is 3.22. The molecule has 31 heavy (non-hydrogen) atoms. The van der Waals surface area contributed by atoms with Crippen LogP contribution in [0.15, 0.2) is 61.2 Å². The first-order valence-corrected chi connectivity index (χ1v) is 12.0. The lowest BCUT2D eigenvalue weighted by Crippen LogP contribution is -2.48. The van der Waals surface area contributed by atoms with E-state index in [-0.39, 0.29) is 19.0 Å². The minimum atomic E-state index is -3.64. The topological polar surface area (TPSA) is 55.8 Å². The van der Waals surface area contributed by atoms with Crippen LogP contribution in [0.2, 0.25) is 0 Å². The molecule has 5 nitrogen and oxygen atoms in total. The van der Waals surface area contributed by atoms with Crippen LogP contribution in [0.1, 0.15) is 44.7 Å². The zero-order chi connectivity index (χ0) is 23.1. The quantitative estimate of drug-likeness (QED) is 0.410. The Hall–Kier alpha value is -2.31. The summed E-state index contributed by atoms with van der Waals surface area (Å²) in [7, 11) is -0.412. The van der Waals surface area contributed by atoms with E-state index in [0.717, 1.165) is 29.0 Å². The molecule has 0 aromatic heterocycles. The third-order valence-corrected chi connectivity index (χ3v) is 8.57. The highest BCUT2D eigenvalue weighted by Gasteiger charge is 2.44. The first-order valence-electron chi connectivity index (χ1n) is 10.6. The number of nitrogens with zero attached hydrogens (tertiary/aromatic N) is 1. The molecule has 0 aliphatic heterocycles. The summed E-state index contributed by atoms with van der Waals surface area (Å²) < 4.78 is 39.0. The van der Waals surface area contributed by atoms with Gasteiger partial charge in [0.05, 0.1) is 19.0 Å². The lowest BCUT2D eigenvalue weighted by Gasteiger charge is -2.37. The van der Waals surface area contributed by atoms with E-state index in [1.807, 2.05) is 75.4 Å². The van der Waals surface area contributed by atoms with Gasteiger partial charge in [-0.3, -0.25) is 0 Å². The largest absolute Gasteiger partial charge is 0.497 e. The molecule has 2 aromatic rings. The number of benzene rings is 2. The Morgan fingerprint density at radius 3 is 1.68 bits per heavy atom. The molecule has 0 unspecified atom stereocenters. The number of methoxy groups -OCH3 is 2. The van der Waals surface area contributed by atoms with Crippen molar-refractivity contribution < 1.29 is 17.9 Å². The molecule has 0 amide bonds. The smallest absolute Gasteiger partial charge is 0.220 e. The van der Waals surface area contributed by atoms with Gasteiger partial charge < -0.3 is 9.47 Å². The summed E-state index contributed by atoms with van der Waals surface area (Å²) in [6, 6.07) is 15.0. The van der Waals surface area contributed by atoms with Gasteiger partial charge in [-0.15, -0.1) is 6.58 Å². The predicted molar refractivity (Wildman–Crippen MR) is 127 cm³/mol. The SMILES string of the molecule is C=CC[C@H](CC)C(C)(C)S(=O)(=O)N(Cc1ccc(OC)cc1)Cc1ccc(OC)cc1. The predicted octanol–water partition coefficient (Wildman–Crippen LogP) is 5.42. The Morgan fingerprint density at radius 2 is 1.35 bits per heavy atom. The van der Waals surface area contributed by atoms with Crippen LogP contribution in [-0.2, 0) is 23.1 Å². The molecule has 0 saturated carbocycles. The molecule has 1 atom stereocenters. The number of hydrogen-bond acceptors (Lipinski definition) is 4. The van der Waals surface area contributed by atoms with Crippen molar-refractivity contribution in [2.24, 2.45) is 5.92 Å². The lowest BCUT2D eigenvalue weighted by atomic mass is 9.89. The van der Waals surface area contributed by atoms with E-state index in [0.29, 0.717) is 6.42 Å². The van der Waals surface area contributed by atoms with Gasteiger partial charge in [0.25, 0.3) is 0 Å². The van der Waals surface area contributed by atoms with Crippen molar-refractivity contribution in [3.05, 3.63) is 72.3 Å². The van der Waals surface area contributed by atoms with Crippen molar-refractivity contribution in [2.45, 2.75) is 51.4 Å². The van der Waals surface area contributed by atoms with Crippen molar-refractivity contribution in [2.75, 3.05) is 14.2 Å². The first-order chi connectivity index (χ1) is 14.7. The number of hydrogen-bond donors (Lipinski definition) is 0. The normalized spacial score (nSPS) is 13.1.